The third kappa shape index (κ3) is 3.74. The number of aliphatic hydroxyl groups excluding tert-OH is 1. The van der Waals surface area contributed by atoms with Crippen LogP contribution < -0.4 is 4.90 Å². The molecule has 3 aromatic carbocycles. The van der Waals surface area contributed by atoms with Crippen molar-refractivity contribution in [2.24, 2.45) is 0 Å². The first-order valence-corrected chi connectivity index (χ1v) is 11.1. The zero-order chi connectivity index (χ0) is 24.1. The number of aliphatic hydroxyl groups is 1. The first-order valence-electron chi connectivity index (χ1n) is 9.95. The van der Waals surface area contributed by atoms with Crippen LogP contribution in [0.2, 0.25) is 15.1 Å². The van der Waals surface area contributed by atoms with Crippen molar-refractivity contribution in [3.05, 3.63) is 110 Å². The maximum atomic E-state index is 13.6. The molecule has 0 fully saturated rings. The number of hydrogen-bond donors (Lipinski definition) is 1. The Morgan fingerprint density at radius 1 is 0.941 bits per heavy atom. The number of rotatable bonds is 4. The van der Waals surface area contributed by atoms with Gasteiger partial charge in [-0.15, -0.1) is 0 Å². The number of hydrogen-bond acceptors (Lipinski definition) is 4. The Balaban J connectivity index is 1.66. The van der Waals surface area contributed by atoms with Crippen LogP contribution in [-0.2, 0) is 4.79 Å². The maximum Gasteiger partial charge on any atom is 0.294 e. The number of carbonyl (C=O) groups excluding carboxylic acids is 2. The van der Waals surface area contributed by atoms with Crippen LogP contribution in [0.25, 0.3) is 11.0 Å². The molecule has 0 spiro atoms. The monoisotopic (exact) mass is 515 g/mol. The topological polar surface area (TPSA) is 70.8 Å². The van der Waals surface area contributed by atoms with Gasteiger partial charge in [0, 0.05) is 16.1 Å². The molecule has 1 N–H and O–H groups in total. The van der Waals surface area contributed by atoms with E-state index in [0.717, 1.165) is 0 Å². The molecule has 1 amide bonds. The van der Waals surface area contributed by atoms with Crippen molar-refractivity contribution in [2.75, 3.05) is 4.90 Å². The van der Waals surface area contributed by atoms with Crippen molar-refractivity contribution < 1.29 is 23.5 Å². The van der Waals surface area contributed by atoms with Crippen molar-refractivity contribution in [2.45, 2.75) is 6.04 Å². The normalized spacial score (nSPS) is 16.1. The molecule has 0 aliphatic carbocycles. The van der Waals surface area contributed by atoms with E-state index in [1.807, 2.05) is 0 Å². The summed E-state index contributed by atoms with van der Waals surface area (Å²) >= 11 is 18.2. The first-order chi connectivity index (χ1) is 16.2. The van der Waals surface area contributed by atoms with E-state index in [1.54, 1.807) is 18.2 Å². The van der Waals surface area contributed by atoms with Gasteiger partial charge in [0.2, 0.25) is 5.78 Å². The molecule has 2 heterocycles. The average Bonchev–Trinajstić information content (AvgIpc) is 3.34. The van der Waals surface area contributed by atoms with Gasteiger partial charge >= 0.3 is 0 Å². The van der Waals surface area contributed by atoms with Gasteiger partial charge in [0.1, 0.15) is 11.4 Å². The Morgan fingerprint density at radius 2 is 1.68 bits per heavy atom. The smallest absolute Gasteiger partial charge is 0.294 e. The largest absolute Gasteiger partial charge is 0.503 e. The minimum atomic E-state index is -1.07. The van der Waals surface area contributed by atoms with E-state index in [0.29, 0.717) is 27.2 Å². The number of amides is 1. The lowest BCUT2D eigenvalue weighted by atomic mass is 9.94. The zero-order valence-corrected chi connectivity index (χ0v) is 19.3. The third-order valence-electron chi connectivity index (χ3n) is 5.52. The van der Waals surface area contributed by atoms with Gasteiger partial charge in [0.15, 0.2) is 11.5 Å². The molecular formula is C25H13Cl3FNO4. The van der Waals surface area contributed by atoms with Crippen LogP contribution >= 0.6 is 34.8 Å². The standard InChI is InChI=1S/C25H13Cl3FNO4/c26-14-3-8-19-13(9-14)10-20(34-19)23(31)21-22(12-1-4-15(29)5-2-12)30(25(33)24(21)32)16-6-7-17(27)18(28)11-16/h1-11,22,32H. The highest BCUT2D eigenvalue weighted by Gasteiger charge is 2.45. The highest BCUT2D eigenvalue weighted by atomic mass is 35.5. The Bertz CT molecular complexity index is 1510. The van der Waals surface area contributed by atoms with Crippen LogP contribution in [0.15, 0.2) is 82.5 Å². The number of fused-ring (bicyclic) bond motifs is 1. The summed E-state index contributed by atoms with van der Waals surface area (Å²) in [5.41, 5.74) is 0.886. The summed E-state index contributed by atoms with van der Waals surface area (Å²) in [5.74, 6) is -2.85. The minimum Gasteiger partial charge on any atom is -0.503 e. The molecule has 1 aliphatic rings. The van der Waals surface area contributed by atoms with E-state index in [-0.39, 0.29) is 21.4 Å². The number of anilines is 1. The van der Waals surface area contributed by atoms with Crippen LogP contribution in [0.5, 0.6) is 0 Å². The molecule has 4 aromatic rings. The Hall–Kier alpha value is -3.32. The molecule has 0 saturated carbocycles. The third-order valence-corrected chi connectivity index (χ3v) is 6.50. The Kier molecular flexibility index (Phi) is 5.60. The Labute approximate surface area is 207 Å². The van der Waals surface area contributed by atoms with Gasteiger partial charge in [-0.1, -0.05) is 46.9 Å². The lowest BCUT2D eigenvalue weighted by molar-refractivity contribution is -0.117. The number of nitrogens with zero attached hydrogens (tertiary/aromatic N) is 1. The van der Waals surface area contributed by atoms with Gasteiger partial charge in [0.25, 0.3) is 5.91 Å². The second-order valence-electron chi connectivity index (χ2n) is 7.61. The summed E-state index contributed by atoms with van der Waals surface area (Å²) in [7, 11) is 0. The molecule has 0 saturated heterocycles. The van der Waals surface area contributed by atoms with E-state index in [9.17, 15) is 19.1 Å². The van der Waals surface area contributed by atoms with Crippen molar-refractivity contribution in [3.63, 3.8) is 0 Å². The van der Waals surface area contributed by atoms with Crippen LogP contribution in [0.4, 0.5) is 10.1 Å². The maximum absolute atomic E-state index is 13.6. The first kappa shape index (κ1) is 22.5. The molecule has 5 rings (SSSR count). The molecule has 9 heteroatoms. The van der Waals surface area contributed by atoms with Crippen molar-refractivity contribution >= 4 is 63.1 Å². The highest BCUT2D eigenvalue weighted by molar-refractivity contribution is 6.42. The second-order valence-corrected chi connectivity index (χ2v) is 8.86. The number of furan rings is 1. The summed E-state index contributed by atoms with van der Waals surface area (Å²) in [6, 6.07) is 15.0. The molecule has 34 heavy (non-hydrogen) atoms. The van der Waals surface area contributed by atoms with Crippen molar-refractivity contribution in [3.8, 4) is 0 Å². The summed E-state index contributed by atoms with van der Waals surface area (Å²) in [4.78, 5) is 28.0. The molecule has 1 aliphatic heterocycles. The van der Waals surface area contributed by atoms with Gasteiger partial charge in [-0.3, -0.25) is 14.5 Å². The van der Waals surface area contributed by atoms with Crippen LogP contribution in [0, 0.1) is 5.82 Å². The van der Waals surface area contributed by atoms with Gasteiger partial charge in [-0.05, 0) is 60.2 Å². The predicted molar refractivity (Wildman–Crippen MR) is 128 cm³/mol. The zero-order valence-electron chi connectivity index (χ0n) is 17.1. The summed E-state index contributed by atoms with van der Waals surface area (Å²) in [5, 5.41) is 12.3. The van der Waals surface area contributed by atoms with Gasteiger partial charge in [-0.2, -0.15) is 0 Å². The Morgan fingerprint density at radius 3 is 2.38 bits per heavy atom. The van der Waals surface area contributed by atoms with Gasteiger partial charge in [0.05, 0.1) is 21.7 Å². The lowest BCUT2D eigenvalue weighted by Gasteiger charge is -2.27. The van der Waals surface area contributed by atoms with Crippen molar-refractivity contribution in [1.82, 2.24) is 0 Å². The fourth-order valence-electron chi connectivity index (χ4n) is 3.96. The molecule has 1 unspecified atom stereocenters. The summed E-state index contributed by atoms with van der Waals surface area (Å²) < 4.78 is 19.3. The molecule has 1 aromatic heterocycles. The number of benzene rings is 3. The summed E-state index contributed by atoms with van der Waals surface area (Å²) in [6.45, 7) is 0. The second kappa shape index (κ2) is 8.47. The number of carbonyl (C=O) groups is 2. The van der Waals surface area contributed by atoms with E-state index in [1.165, 1.54) is 53.4 Å². The van der Waals surface area contributed by atoms with Crippen LogP contribution in [-0.4, -0.2) is 16.8 Å². The number of ketones is 1. The van der Waals surface area contributed by atoms with E-state index < -0.39 is 29.3 Å². The molecular weight excluding hydrogens is 504 g/mol. The van der Waals surface area contributed by atoms with Crippen LogP contribution in [0.3, 0.4) is 0 Å². The fraction of sp³-hybridized carbons (Fsp3) is 0.0400. The van der Waals surface area contributed by atoms with Gasteiger partial charge < -0.3 is 9.52 Å². The SMILES string of the molecule is O=C(C1=C(O)C(=O)N(c2ccc(Cl)c(Cl)c2)C1c1ccc(F)cc1)c1cc2cc(Cl)ccc2o1. The molecule has 0 bridgehead atoms. The van der Waals surface area contributed by atoms with E-state index in [2.05, 4.69) is 0 Å². The number of halogens is 4. The average molecular weight is 517 g/mol. The molecule has 5 nitrogen and oxygen atoms in total. The van der Waals surface area contributed by atoms with Crippen molar-refractivity contribution in [1.29, 1.82) is 0 Å². The van der Waals surface area contributed by atoms with Gasteiger partial charge in [-0.25, -0.2) is 4.39 Å². The lowest BCUT2D eigenvalue weighted by Crippen LogP contribution is -2.31. The minimum absolute atomic E-state index is 0.0882. The van der Waals surface area contributed by atoms with Crippen LogP contribution in [0.1, 0.15) is 22.2 Å². The molecule has 170 valence electrons. The quantitative estimate of drug-likeness (QED) is 0.289. The molecule has 1 atom stereocenters. The highest BCUT2D eigenvalue weighted by Crippen LogP contribution is 2.43. The van der Waals surface area contributed by atoms with E-state index >= 15 is 0 Å². The fourth-order valence-corrected chi connectivity index (χ4v) is 4.43. The predicted octanol–water partition coefficient (Wildman–Crippen LogP) is 7.32. The number of Topliss-reactive ketones (excluding diaryl/α,β-unsaturated/α-hetero) is 1. The van der Waals surface area contributed by atoms with E-state index in [4.69, 9.17) is 39.2 Å². The molecule has 0 radical (unpaired) electrons. The summed E-state index contributed by atoms with van der Waals surface area (Å²) in [6.07, 6.45) is 0.